The maximum absolute atomic E-state index is 11.2. The third-order valence-corrected chi connectivity index (χ3v) is 2.25. The number of halogens is 3. The molecule has 14 heavy (non-hydrogen) atoms. The molecule has 0 rings (SSSR count). The molecule has 0 aromatic heterocycles. The number of hydrogen-bond donors (Lipinski definition) is 3. The van der Waals surface area contributed by atoms with Gasteiger partial charge in [0.25, 0.3) is 0 Å². The maximum Gasteiger partial charge on any atom is 0.345 e. The molecule has 0 spiro atoms. The van der Waals surface area contributed by atoms with Crippen molar-refractivity contribution in [2.24, 2.45) is 0 Å². The molecule has 0 aliphatic rings. The third kappa shape index (κ3) is 5.04. The predicted molar refractivity (Wildman–Crippen MR) is 59.1 cm³/mol. The average molecular weight is 401 g/mol. The Hall–Kier alpha value is 0.790. The average Bonchev–Trinajstić information content (AvgIpc) is 1.95. The van der Waals surface area contributed by atoms with Crippen LogP contribution in [-0.2, 0) is 9.53 Å². The van der Waals surface area contributed by atoms with Gasteiger partial charge in [-0.15, -0.1) is 0 Å². The molecule has 0 saturated carbocycles. The van der Waals surface area contributed by atoms with Gasteiger partial charge in [-0.3, -0.25) is 0 Å². The van der Waals surface area contributed by atoms with E-state index < -0.39 is 20.2 Å². The fourth-order valence-electron chi connectivity index (χ4n) is 0.632. The Balaban J connectivity index is 4.43. The highest BCUT2D eigenvalue weighted by Gasteiger charge is 2.39. The molecule has 3 N–H and O–H groups in total. The van der Waals surface area contributed by atoms with E-state index in [1.54, 1.807) is 0 Å². The molecule has 0 saturated heterocycles. The van der Waals surface area contributed by atoms with Gasteiger partial charge < -0.3 is 20.1 Å². The van der Waals surface area contributed by atoms with Crippen molar-refractivity contribution in [1.82, 2.24) is 0 Å². The van der Waals surface area contributed by atoms with E-state index in [0.717, 1.165) is 0 Å². The Morgan fingerprint density at radius 1 is 1.36 bits per heavy atom. The molecule has 0 aromatic rings. The van der Waals surface area contributed by atoms with Crippen LogP contribution in [0.5, 0.6) is 0 Å². The van der Waals surface area contributed by atoms with E-state index >= 15 is 0 Å². The fourth-order valence-corrected chi connectivity index (χ4v) is 0.913. The van der Waals surface area contributed by atoms with E-state index in [1.165, 1.54) is 6.92 Å². The van der Waals surface area contributed by atoms with Gasteiger partial charge in [0.2, 0.25) is 2.14 Å². The lowest BCUT2D eigenvalue weighted by atomic mass is 10.2. The van der Waals surface area contributed by atoms with Crippen molar-refractivity contribution in [2.45, 2.75) is 27.6 Å². The zero-order valence-electron chi connectivity index (χ0n) is 7.08. The van der Waals surface area contributed by atoms with Crippen LogP contribution in [0.1, 0.15) is 13.3 Å². The summed E-state index contributed by atoms with van der Waals surface area (Å²) < 4.78 is 3.30. The number of carbonyl (C=O) groups is 1. The van der Waals surface area contributed by atoms with Gasteiger partial charge in [-0.2, -0.15) is 0 Å². The van der Waals surface area contributed by atoms with Crippen molar-refractivity contribution in [2.75, 3.05) is 0 Å². The van der Waals surface area contributed by atoms with Gasteiger partial charge in [-0.25, -0.2) is 4.79 Å². The lowest BCUT2D eigenvalue weighted by molar-refractivity contribution is -0.355. The number of hydrogen-bond acceptors (Lipinski definition) is 5. The summed E-state index contributed by atoms with van der Waals surface area (Å²) in [5.74, 6) is -3.88. The molecular weight excluding hydrogens is 392 g/mol. The monoisotopic (exact) mass is 398 g/mol. The molecule has 0 radical (unpaired) electrons. The van der Waals surface area contributed by atoms with Crippen molar-refractivity contribution in [3.05, 3.63) is 0 Å². The number of esters is 1. The van der Waals surface area contributed by atoms with Crippen molar-refractivity contribution in [1.29, 1.82) is 0 Å². The van der Waals surface area contributed by atoms with Gasteiger partial charge in [-0.1, -0.05) is 6.92 Å². The summed E-state index contributed by atoms with van der Waals surface area (Å²) >= 11 is 8.65. The quantitative estimate of drug-likeness (QED) is 0.370. The van der Waals surface area contributed by atoms with Crippen LogP contribution in [0.2, 0.25) is 0 Å². The Morgan fingerprint density at radius 3 is 2.00 bits per heavy atom. The second-order valence-electron chi connectivity index (χ2n) is 2.49. The molecule has 0 amide bonds. The number of ether oxygens (including phenoxy) is 1. The summed E-state index contributed by atoms with van der Waals surface area (Å²) in [4.78, 5) is 11.2. The van der Waals surface area contributed by atoms with Gasteiger partial charge >= 0.3 is 11.9 Å². The molecular formula is C6H9Br3O5. The van der Waals surface area contributed by atoms with Gasteiger partial charge in [0.1, 0.15) is 0 Å². The van der Waals surface area contributed by atoms with Crippen LogP contribution in [0.15, 0.2) is 0 Å². The van der Waals surface area contributed by atoms with Gasteiger partial charge in [0.15, 0.2) is 6.10 Å². The molecule has 84 valence electrons. The Labute approximate surface area is 106 Å². The van der Waals surface area contributed by atoms with Gasteiger partial charge in [0, 0.05) is 0 Å². The first-order valence-electron chi connectivity index (χ1n) is 3.54. The predicted octanol–water partition coefficient (Wildman–Crippen LogP) is 0.777. The Bertz CT molecular complexity index is 206. The molecule has 0 aromatic carbocycles. The summed E-state index contributed by atoms with van der Waals surface area (Å²) in [5, 5.41) is 26.3. The zero-order valence-corrected chi connectivity index (χ0v) is 11.8. The van der Waals surface area contributed by atoms with Crippen molar-refractivity contribution in [3.8, 4) is 0 Å². The minimum atomic E-state index is -3.04. The molecule has 0 bridgehead atoms. The first-order chi connectivity index (χ1) is 6.09. The normalized spacial score (nSPS) is 15.1. The van der Waals surface area contributed by atoms with Crippen molar-refractivity contribution in [3.63, 3.8) is 0 Å². The molecule has 1 unspecified atom stereocenters. The summed E-state index contributed by atoms with van der Waals surface area (Å²) in [5.41, 5.74) is 0. The number of alkyl halides is 3. The molecule has 0 fully saturated rings. The number of carbonyl (C=O) groups excluding carboxylic acids is 1. The van der Waals surface area contributed by atoms with Gasteiger partial charge in [-0.05, 0) is 54.2 Å². The molecule has 5 nitrogen and oxygen atoms in total. The highest BCUT2D eigenvalue weighted by Crippen LogP contribution is 2.35. The van der Waals surface area contributed by atoms with Crippen LogP contribution in [0.25, 0.3) is 0 Å². The summed E-state index contributed by atoms with van der Waals surface area (Å²) in [6, 6.07) is 0. The van der Waals surface area contributed by atoms with Crippen molar-refractivity contribution < 1.29 is 24.9 Å². The van der Waals surface area contributed by atoms with Crippen LogP contribution in [-0.4, -0.2) is 35.5 Å². The summed E-state index contributed by atoms with van der Waals surface area (Å²) in [6.07, 6.45) is -1.36. The highest BCUT2D eigenvalue weighted by atomic mass is 80.0. The topological polar surface area (TPSA) is 87.0 Å². The van der Waals surface area contributed by atoms with E-state index in [9.17, 15) is 4.79 Å². The fraction of sp³-hybridized carbons (Fsp3) is 0.833. The van der Waals surface area contributed by atoms with E-state index in [-0.39, 0.29) is 6.42 Å². The largest absolute Gasteiger partial charge is 0.451 e. The molecule has 8 heteroatoms. The standard InChI is InChI=1S/C6H9Br3O5/c1-2-3(6(11,12)13)14-4(10)5(7,8)9/h3,11-13H,2H2,1H3. The minimum absolute atomic E-state index is 0.0539. The highest BCUT2D eigenvalue weighted by molar-refractivity contribution is 9.40. The zero-order chi connectivity index (χ0) is 11.6. The maximum atomic E-state index is 11.2. The Kier molecular flexibility index (Phi) is 5.51. The van der Waals surface area contributed by atoms with Crippen LogP contribution >= 0.6 is 47.8 Å². The van der Waals surface area contributed by atoms with Crippen LogP contribution in [0.3, 0.4) is 0 Å². The van der Waals surface area contributed by atoms with Gasteiger partial charge in [0.05, 0.1) is 0 Å². The lowest BCUT2D eigenvalue weighted by Crippen LogP contribution is -2.45. The molecule has 0 aliphatic carbocycles. The van der Waals surface area contributed by atoms with E-state index in [1.807, 2.05) is 0 Å². The second-order valence-corrected chi connectivity index (χ2v) is 9.25. The van der Waals surface area contributed by atoms with Crippen LogP contribution < -0.4 is 0 Å². The van der Waals surface area contributed by atoms with E-state index in [4.69, 9.17) is 15.3 Å². The van der Waals surface area contributed by atoms with Crippen LogP contribution in [0.4, 0.5) is 0 Å². The number of aliphatic hydroxyl groups is 3. The first kappa shape index (κ1) is 14.8. The molecule has 1 atom stereocenters. The van der Waals surface area contributed by atoms with Crippen molar-refractivity contribution >= 4 is 53.8 Å². The second kappa shape index (κ2) is 5.22. The summed E-state index contributed by atoms with van der Waals surface area (Å²) in [7, 11) is 0. The Morgan fingerprint density at radius 2 is 1.79 bits per heavy atom. The SMILES string of the molecule is CCC(OC(=O)C(Br)(Br)Br)C(O)(O)O. The number of rotatable bonds is 3. The van der Waals surface area contributed by atoms with E-state index in [2.05, 4.69) is 52.5 Å². The molecule has 0 aliphatic heterocycles. The molecule has 0 heterocycles. The lowest BCUT2D eigenvalue weighted by Gasteiger charge is -2.26. The van der Waals surface area contributed by atoms with E-state index in [0.29, 0.717) is 0 Å². The van der Waals surface area contributed by atoms with Crippen LogP contribution in [0, 0.1) is 0 Å². The minimum Gasteiger partial charge on any atom is -0.451 e. The first-order valence-corrected chi connectivity index (χ1v) is 5.91. The summed E-state index contributed by atoms with van der Waals surface area (Å²) in [6.45, 7) is 1.52. The third-order valence-electron chi connectivity index (χ3n) is 1.28. The smallest absolute Gasteiger partial charge is 0.345 e.